The maximum absolute atomic E-state index is 9.42. The highest BCUT2D eigenvalue weighted by Crippen LogP contribution is 2.23. The lowest BCUT2D eigenvalue weighted by molar-refractivity contribution is -0.148. The topological polar surface area (TPSA) is 79.2 Å². The second kappa shape index (κ2) is 3.68. The third-order valence-electron chi connectivity index (χ3n) is 2.00. The Balaban J connectivity index is 2.62. The zero-order valence-corrected chi connectivity index (χ0v) is 7.04. The van der Waals surface area contributed by atoms with E-state index >= 15 is 0 Å². The molecule has 1 aliphatic heterocycles. The van der Waals surface area contributed by atoms with Gasteiger partial charge in [0.2, 0.25) is 0 Å². The summed E-state index contributed by atoms with van der Waals surface area (Å²) in [6, 6.07) is 0. The van der Waals surface area contributed by atoms with Crippen LogP contribution in [0.15, 0.2) is 0 Å². The molecule has 1 saturated heterocycles. The van der Waals surface area contributed by atoms with Crippen LogP contribution in [0.3, 0.4) is 0 Å². The molecule has 72 valence electrons. The summed E-state index contributed by atoms with van der Waals surface area (Å²) in [6.45, 7) is 1.48. The summed E-state index contributed by atoms with van der Waals surface area (Å²) < 4.78 is 9.65. The molecule has 0 unspecified atom stereocenters. The van der Waals surface area contributed by atoms with Crippen LogP contribution < -0.4 is 0 Å². The lowest BCUT2D eigenvalue weighted by atomic mass is 10.1. The van der Waals surface area contributed by atoms with Crippen molar-refractivity contribution in [1.29, 1.82) is 0 Å². The van der Waals surface area contributed by atoms with E-state index in [4.69, 9.17) is 19.7 Å². The van der Waals surface area contributed by atoms with Crippen molar-refractivity contribution < 1.29 is 24.8 Å². The van der Waals surface area contributed by atoms with Gasteiger partial charge in [0.15, 0.2) is 6.29 Å². The Morgan fingerprint density at radius 2 is 2.00 bits per heavy atom. The Labute approximate surface area is 70.5 Å². The van der Waals surface area contributed by atoms with Gasteiger partial charge in [0.25, 0.3) is 0 Å². The number of hydrogen-bond acceptors (Lipinski definition) is 5. The minimum absolute atomic E-state index is 0.773. The first kappa shape index (κ1) is 9.88. The molecule has 3 N–H and O–H groups in total. The van der Waals surface area contributed by atoms with Gasteiger partial charge >= 0.3 is 0 Å². The molecule has 0 aliphatic carbocycles. The molecule has 0 amide bonds. The predicted molar refractivity (Wildman–Crippen MR) is 39.4 cm³/mol. The van der Waals surface area contributed by atoms with E-state index in [0.29, 0.717) is 0 Å². The van der Waals surface area contributed by atoms with Crippen molar-refractivity contribution in [2.24, 2.45) is 0 Å². The van der Waals surface area contributed by atoms with Crippen molar-refractivity contribution >= 4 is 0 Å². The van der Waals surface area contributed by atoms with Gasteiger partial charge in [-0.05, 0) is 6.92 Å². The van der Waals surface area contributed by atoms with Crippen LogP contribution in [0.1, 0.15) is 6.92 Å². The summed E-state index contributed by atoms with van der Waals surface area (Å²) in [5.74, 6) is 0. The molecular formula is C7H14O5. The zero-order valence-electron chi connectivity index (χ0n) is 7.04. The molecule has 5 atom stereocenters. The quantitative estimate of drug-likeness (QED) is 0.477. The van der Waals surface area contributed by atoms with Crippen molar-refractivity contribution in [1.82, 2.24) is 0 Å². The summed E-state index contributed by atoms with van der Waals surface area (Å²) in [5, 5.41) is 27.7. The van der Waals surface area contributed by atoms with Crippen molar-refractivity contribution in [3.8, 4) is 0 Å². The lowest BCUT2D eigenvalue weighted by Crippen LogP contribution is -2.38. The fraction of sp³-hybridized carbons (Fsp3) is 1.00. The van der Waals surface area contributed by atoms with E-state index in [2.05, 4.69) is 0 Å². The Morgan fingerprint density at radius 1 is 1.42 bits per heavy atom. The van der Waals surface area contributed by atoms with Crippen molar-refractivity contribution in [3.05, 3.63) is 0 Å². The van der Waals surface area contributed by atoms with E-state index in [9.17, 15) is 5.11 Å². The molecule has 1 fully saturated rings. The van der Waals surface area contributed by atoms with Crippen LogP contribution in [0.4, 0.5) is 0 Å². The number of methoxy groups -OCH3 is 1. The molecule has 0 spiro atoms. The van der Waals surface area contributed by atoms with E-state index in [1.807, 2.05) is 0 Å². The van der Waals surface area contributed by atoms with Gasteiger partial charge < -0.3 is 24.8 Å². The minimum Gasteiger partial charge on any atom is -0.391 e. The van der Waals surface area contributed by atoms with Gasteiger partial charge in [0.1, 0.15) is 18.3 Å². The fourth-order valence-electron chi connectivity index (χ4n) is 1.33. The molecule has 0 bridgehead atoms. The maximum Gasteiger partial charge on any atom is 0.184 e. The highest BCUT2D eigenvalue weighted by atomic mass is 16.7. The van der Waals surface area contributed by atoms with Gasteiger partial charge in [-0.1, -0.05) is 0 Å². The largest absolute Gasteiger partial charge is 0.391 e. The van der Waals surface area contributed by atoms with Gasteiger partial charge in [-0.25, -0.2) is 0 Å². The van der Waals surface area contributed by atoms with Crippen molar-refractivity contribution in [2.75, 3.05) is 7.11 Å². The molecule has 1 rings (SSSR count). The van der Waals surface area contributed by atoms with Gasteiger partial charge in [-0.15, -0.1) is 0 Å². The molecule has 1 aliphatic rings. The molecule has 0 aromatic heterocycles. The average molecular weight is 178 g/mol. The number of aliphatic hydroxyl groups excluding tert-OH is 3. The third kappa shape index (κ3) is 1.60. The molecule has 5 heteroatoms. The van der Waals surface area contributed by atoms with Gasteiger partial charge in [-0.2, -0.15) is 0 Å². The van der Waals surface area contributed by atoms with Crippen LogP contribution in [0.25, 0.3) is 0 Å². The molecular weight excluding hydrogens is 164 g/mol. The average Bonchev–Trinajstić information content (AvgIpc) is 2.27. The van der Waals surface area contributed by atoms with E-state index in [-0.39, 0.29) is 0 Å². The number of aliphatic hydroxyl groups is 3. The first-order chi connectivity index (χ1) is 5.57. The highest BCUT2D eigenvalue weighted by molar-refractivity contribution is 4.89. The molecule has 12 heavy (non-hydrogen) atoms. The summed E-state index contributed by atoms with van der Waals surface area (Å²) >= 11 is 0. The SMILES string of the molecule is CO[C@@H]1[C@H](O)[C@@H]([C@H](C)O)O[C@H]1O. The van der Waals surface area contributed by atoms with Crippen LogP contribution in [0, 0.1) is 0 Å². The molecule has 0 saturated carbocycles. The Morgan fingerprint density at radius 3 is 2.25 bits per heavy atom. The molecule has 0 aromatic carbocycles. The minimum atomic E-state index is -1.16. The van der Waals surface area contributed by atoms with E-state index in [1.165, 1.54) is 14.0 Å². The Hall–Kier alpha value is -0.200. The highest BCUT2D eigenvalue weighted by Gasteiger charge is 2.45. The summed E-state index contributed by atoms with van der Waals surface area (Å²) in [6.07, 6.45) is -4.51. The monoisotopic (exact) mass is 178 g/mol. The van der Waals surface area contributed by atoms with Crippen molar-refractivity contribution in [3.63, 3.8) is 0 Å². The second-order valence-corrected chi connectivity index (χ2v) is 2.92. The van der Waals surface area contributed by atoms with E-state index in [0.717, 1.165) is 0 Å². The molecule has 0 radical (unpaired) electrons. The summed E-state index contributed by atoms with van der Waals surface area (Å²) in [7, 11) is 1.37. The van der Waals surface area contributed by atoms with Gasteiger partial charge in [-0.3, -0.25) is 0 Å². The van der Waals surface area contributed by atoms with E-state index < -0.39 is 30.7 Å². The first-order valence-electron chi connectivity index (χ1n) is 3.80. The van der Waals surface area contributed by atoms with Gasteiger partial charge in [0.05, 0.1) is 6.10 Å². The number of rotatable bonds is 2. The van der Waals surface area contributed by atoms with Crippen LogP contribution in [-0.4, -0.2) is 53.1 Å². The second-order valence-electron chi connectivity index (χ2n) is 2.92. The molecule has 1 heterocycles. The van der Waals surface area contributed by atoms with Crippen LogP contribution >= 0.6 is 0 Å². The fourth-order valence-corrected chi connectivity index (χ4v) is 1.33. The van der Waals surface area contributed by atoms with Crippen LogP contribution in [0.5, 0.6) is 0 Å². The smallest absolute Gasteiger partial charge is 0.184 e. The van der Waals surface area contributed by atoms with Gasteiger partial charge in [0, 0.05) is 7.11 Å². The standard InChI is InChI=1S/C7H14O5/c1-3(8)5-4(9)6(11-2)7(10)12-5/h3-10H,1-2H3/t3-,4+,5+,6+,7+/m0/s1. The first-order valence-corrected chi connectivity index (χ1v) is 3.80. The third-order valence-corrected chi connectivity index (χ3v) is 2.00. The molecule has 5 nitrogen and oxygen atoms in total. The van der Waals surface area contributed by atoms with Crippen molar-refractivity contribution in [2.45, 2.75) is 37.6 Å². The van der Waals surface area contributed by atoms with E-state index in [1.54, 1.807) is 0 Å². The molecule has 0 aromatic rings. The Bertz CT molecular complexity index is 149. The number of ether oxygens (including phenoxy) is 2. The summed E-state index contributed by atoms with van der Waals surface area (Å²) in [4.78, 5) is 0. The normalized spacial score (nSPS) is 44.8. The Kier molecular flexibility index (Phi) is 3.03. The zero-order chi connectivity index (χ0) is 9.30. The predicted octanol–water partition coefficient (Wildman–Crippen LogP) is -1.54. The van der Waals surface area contributed by atoms with Crippen LogP contribution in [-0.2, 0) is 9.47 Å². The van der Waals surface area contributed by atoms with Crippen LogP contribution in [0.2, 0.25) is 0 Å². The maximum atomic E-state index is 9.42. The summed E-state index contributed by atoms with van der Waals surface area (Å²) in [5.41, 5.74) is 0. The number of hydrogen-bond donors (Lipinski definition) is 3. The lowest BCUT2D eigenvalue weighted by Gasteiger charge is -2.17.